The van der Waals surface area contributed by atoms with Crippen LogP contribution in [0.5, 0.6) is 0 Å². The van der Waals surface area contributed by atoms with E-state index in [2.05, 4.69) is 10.2 Å². The van der Waals surface area contributed by atoms with E-state index in [9.17, 15) is 18.0 Å². The van der Waals surface area contributed by atoms with Gasteiger partial charge >= 0.3 is 11.9 Å². The number of alkyl halides is 3. The van der Waals surface area contributed by atoms with Gasteiger partial charge in [0.05, 0.1) is 5.56 Å². The summed E-state index contributed by atoms with van der Waals surface area (Å²) in [5.74, 6) is 0. The predicted molar refractivity (Wildman–Crippen MR) is 73.1 cm³/mol. The number of benzene rings is 1. The Kier molecular flexibility index (Phi) is 4.31. The molecule has 0 aliphatic heterocycles. The molecule has 1 aromatic heterocycles. The molecule has 0 saturated heterocycles. The van der Waals surface area contributed by atoms with E-state index >= 15 is 0 Å². The molecule has 0 atom stereocenters. The Morgan fingerprint density at radius 2 is 2.14 bits per heavy atom. The van der Waals surface area contributed by atoms with Gasteiger partial charge in [-0.25, -0.2) is 9.89 Å². The summed E-state index contributed by atoms with van der Waals surface area (Å²) in [6, 6.07) is 3.53. The lowest BCUT2D eigenvalue weighted by Crippen LogP contribution is -2.17. The van der Waals surface area contributed by atoms with Gasteiger partial charge in [-0.1, -0.05) is 6.92 Å². The number of nitrogen functional groups attached to an aromatic ring is 1. The molecule has 0 saturated carbocycles. The quantitative estimate of drug-likeness (QED) is 0.850. The first kappa shape index (κ1) is 15.5. The number of nitrogens with one attached hydrogen (secondary N) is 1. The maximum absolute atomic E-state index is 13.0. The molecule has 21 heavy (non-hydrogen) atoms. The molecule has 0 spiro atoms. The number of rotatable bonds is 4. The molecule has 0 bridgehead atoms. The second-order valence-electron chi connectivity index (χ2n) is 4.32. The molecule has 2 aromatic rings. The van der Waals surface area contributed by atoms with Crippen molar-refractivity contribution in [2.24, 2.45) is 0 Å². The van der Waals surface area contributed by atoms with Crippen molar-refractivity contribution in [3.8, 4) is 0 Å². The Morgan fingerprint density at radius 3 is 2.76 bits per heavy atom. The third-order valence-corrected chi connectivity index (χ3v) is 3.75. The Bertz CT molecular complexity index is 693. The average Bonchev–Trinajstić information content (AvgIpc) is 2.73. The highest BCUT2D eigenvalue weighted by atomic mass is 32.2. The molecule has 0 amide bonds. The minimum atomic E-state index is -4.52. The normalized spacial score (nSPS) is 11.8. The molecule has 0 fully saturated rings. The summed E-state index contributed by atoms with van der Waals surface area (Å²) in [5.41, 5.74) is 4.16. The molecule has 114 valence electrons. The summed E-state index contributed by atoms with van der Waals surface area (Å²) in [4.78, 5) is 11.5. The minimum absolute atomic E-state index is 0.0275. The molecular formula is C12H13F3N4OS. The zero-order valence-corrected chi connectivity index (χ0v) is 11.9. The molecule has 1 heterocycles. The second-order valence-corrected chi connectivity index (χ2v) is 5.33. The third-order valence-electron chi connectivity index (χ3n) is 2.68. The van der Waals surface area contributed by atoms with E-state index < -0.39 is 17.4 Å². The van der Waals surface area contributed by atoms with Gasteiger partial charge in [0.25, 0.3) is 0 Å². The number of hydrogen-bond donors (Lipinski definition) is 2. The maximum Gasteiger partial charge on any atom is 0.417 e. The van der Waals surface area contributed by atoms with E-state index in [0.717, 1.165) is 17.8 Å². The van der Waals surface area contributed by atoms with Crippen molar-refractivity contribution in [1.82, 2.24) is 14.8 Å². The van der Waals surface area contributed by atoms with Crippen LogP contribution >= 0.6 is 11.8 Å². The Labute approximate surface area is 122 Å². The lowest BCUT2D eigenvalue weighted by Gasteiger charge is -2.13. The topological polar surface area (TPSA) is 76.7 Å². The van der Waals surface area contributed by atoms with Gasteiger partial charge in [-0.15, -0.1) is 5.10 Å². The van der Waals surface area contributed by atoms with Crippen LogP contribution in [0.15, 0.2) is 33.0 Å². The van der Waals surface area contributed by atoms with Crippen LogP contribution in [0.2, 0.25) is 0 Å². The molecule has 3 N–H and O–H groups in total. The number of H-pyrrole nitrogens is 1. The molecule has 9 heteroatoms. The fourth-order valence-electron chi connectivity index (χ4n) is 1.76. The van der Waals surface area contributed by atoms with Crippen LogP contribution < -0.4 is 11.4 Å². The van der Waals surface area contributed by atoms with Gasteiger partial charge in [0, 0.05) is 17.1 Å². The predicted octanol–water partition coefficient (Wildman–Crippen LogP) is 2.73. The van der Waals surface area contributed by atoms with Crippen molar-refractivity contribution in [1.29, 1.82) is 0 Å². The van der Waals surface area contributed by atoms with Crippen molar-refractivity contribution in [2.75, 3.05) is 5.73 Å². The number of hydrogen-bond acceptors (Lipinski definition) is 4. The Morgan fingerprint density at radius 1 is 1.43 bits per heavy atom. The third kappa shape index (κ3) is 3.41. The van der Waals surface area contributed by atoms with Gasteiger partial charge in [-0.2, -0.15) is 13.2 Å². The average molecular weight is 318 g/mol. The van der Waals surface area contributed by atoms with Crippen LogP contribution in [0.1, 0.15) is 18.9 Å². The summed E-state index contributed by atoms with van der Waals surface area (Å²) in [6.07, 6.45) is -3.86. The van der Waals surface area contributed by atoms with E-state index in [0.29, 0.717) is 13.0 Å². The molecule has 0 aliphatic carbocycles. The molecule has 0 radical (unpaired) electrons. The highest BCUT2D eigenvalue weighted by Crippen LogP contribution is 2.39. The largest absolute Gasteiger partial charge is 0.417 e. The van der Waals surface area contributed by atoms with Crippen LogP contribution in [0.25, 0.3) is 0 Å². The SMILES string of the molecule is CCCn1c(Sc2ccc(N)cc2C(F)(F)F)n[nH]c1=O. The first-order chi connectivity index (χ1) is 9.82. The lowest BCUT2D eigenvalue weighted by molar-refractivity contribution is -0.139. The number of aromatic amines is 1. The summed E-state index contributed by atoms with van der Waals surface area (Å²) in [7, 11) is 0. The van der Waals surface area contributed by atoms with Crippen molar-refractivity contribution >= 4 is 17.4 Å². The minimum Gasteiger partial charge on any atom is -0.399 e. The maximum atomic E-state index is 13.0. The zero-order valence-electron chi connectivity index (χ0n) is 11.1. The fourth-order valence-corrected chi connectivity index (χ4v) is 2.75. The smallest absolute Gasteiger partial charge is 0.399 e. The number of aromatic nitrogens is 3. The van der Waals surface area contributed by atoms with Gasteiger partial charge in [-0.3, -0.25) is 4.57 Å². The number of anilines is 1. The van der Waals surface area contributed by atoms with Crippen LogP contribution in [0.3, 0.4) is 0 Å². The van der Waals surface area contributed by atoms with Crippen LogP contribution in [0, 0.1) is 0 Å². The van der Waals surface area contributed by atoms with Gasteiger partial charge in [0.15, 0.2) is 5.16 Å². The Balaban J connectivity index is 2.43. The zero-order chi connectivity index (χ0) is 15.6. The van der Waals surface area contributed by atoms with Crippen molar-refractivity contribution < 1.29 is 13.2 Å². The van der Waals surface area contributed by atoms with Gasteiger partial charge in [0.2, 0.25) is 0 Å². The van der Waals surface area contributed by atoms with E-state index in [1.165, 1.54) is 16.7 Å². The number of nitrogens with zero attached hydrogens (tertiary/aromatic N) is 2. The summed E-state index contributed by atoms with van der Waals surface area (Å²) < 4.78 is 40.4. The van der Waals surface area contributed by atoms with Gasteiger partial charge in [0.1, 0.15) is 0 Å². The monoisotopic (exact) mass is 318 g/mol. The van der Waals surface area contributed by atoms with Crippen molar-refractivity contribution in [3.63, 3.8) is 0 Å². The molecular weight excluding hydrogens is 305 g/mol. The number of halogens is 3. The van der Waals surface area contributed by atoms with E-state index in [1.54, 1.807) is 0 Å². The first-order valence-electron chi connectivity index (χ1n) is 6.12. The van der Waals surface area contributed by atoms with Crippen molar-refractivity contribution in [3.05, 3.63) is 34.2 Å². The Hall–Kier alpha value is -1.90. The fraction of sp³-hybridized carbons (Fsp3) is 0.333. The highest BCUT2D eigenvalue weighted by Gasteiger charge is 2.34. The standard InChI is InChI=1S/C12H13F3N4OS/c1-2-5-19-10(20)17-18-11(19)21-9-4-3-7(16)6-8(9)12(13,14)15/h3-4,6H,2,5,16H2,1H3,(H,17,20). The summed E-state index contributed by atoms with van der Waals surface area (Å²) in [6.45, 7) is 2.24. The number of nitrogens with two attached hydrogens (primary N) is 1. The van der Waals surface area contributed by atoms with Crippen LogP contribution in [0.4, 0.5) is 18.9 Å². The van der Waals surface area contributed by atoms with E-state index in [4.69, 9.17) is 5.73 Å². The lowest BCUT2D eigenvalue weighted by atomic mass is 10.2. The van der Waals surface area contributed by atoms with E-state index in [-0.39, 0.29) is 15.7 Å². The van der Waals surface area contributed by atoms with E-state index in [1.807, 2.05) is 6.92 Å². The second kappa shape index (κ2) is 5.84. The molecule has 1 aromatic carbocycles. The van der Waals surface area contributed by atoms with Crippen LogP contribution in [-0.4, -0.2) is 14.8 Å². The summed E-state index contributed by atoms with van der Waals surface area (Å²) >= 11 is 0.782. The van der Waals surface area contributed by atoms with Gasteiger partial charge < -0.3 is 5.73 Å². The van der Waals surface area contributed by atoms with Crippen LogP contribution in [-0.2, 0) is 12.7 Å². The molecule has 0 unspecified atom stereocenters. The van der Waals surface area contributed by atoms with Gasteiger partial charge in [-0.05, 0) is 36.4 Å². The van der Waals surface area contributed by atoms with Crippen molar-refractivity contribution in [2.45, 2.75) is 36.1 Å². The molecule has 5 nitrogen and oxygen atoms in total. The first-order valence-corrected chi connectivity index (χ1v) is 6.94. The molecule has 0 aliphatic rings. The highest BCUT2D eigenvalue weighted by molar-refractivity contribution is 7.99. The summed E-state index contributed by atoms with van der Waals surface area (Å²) in [5, 5.41) is 6.20. The molecule has 2 rings (SSSR count).